The van der Waals surface area contributed by atoms with Crippen molar-refractivity contribution in [1.29, 1.82) is 0 Å². The van der Waals surface area contributed by atoms with Gasteiger partial charge in [-0.1, -0.05) is 43.1 Å². The van der Waals surface area contributed by atoms with Crippen LogP contribution < -0.4 is 10.6 Å². The van der Waals surface area contributed by atoms with Gasteiger partial charge in [-0.05, 0) is 67.4 Å². The van der Waals surface area contributed by atoms with Crippen molar-refractivity contribution in [3.63, 3.8) is 0 Å². The Labute approximate surface area is 142 Å². The summed E-state index contributed by atoms with van der Waals surface area (Å²) in [5.74, 6) is 0. The molecular weight excluding hydrogens is 312 g/mol. The van der Waals surface area contributed by atoms with Gasteiger partial charge in [-0.25, -0.2) is 0 Å². The van der Waals surface area contributed by atoms with Crippen LogP contribution in [0.5, 0.6) is 0 Å². The van der Waals surface area contributed by atoms with E-state index in [4.69, 9.17) is 23.8 Å². The normalized spacial score (nSPS) is 10.3. The van der Waals surface area contributed by atoms with E-state index in [-0.39, 0.29) is 0 Å². The second-order valence-corrected chi connectivity index (χ2v) is 6.16. The molecule has 0 amide bonds. The number of halogens is 1. The van der Waals surface area contributed by atoms with E-state index in [0.29, 0.717) is 5.11 Å². The summed E-state index contributed by atoms with van der Waals surface area (Å²) in [5.41, 5.74) is 4.27. The minimum atomic E-state index is 0.557. The third-order valence-electron chi connectivity index (χ3n) is 3.46. The van der Waals surface area contributed by atoms with E-state index in [0.717, 1.165) is 28.4 Å². The van der Waals surface area contributed by atoms with Gasteiger partial charge < -0.3 is 10.6 Å². The summed E-state index contributed by atoms with van der Waals surface area (Å²) in [7, 11) is 0. The topological polar surface area (TPSA) is 24.1 Å². The van der Waals surface area contributed by atoms with Gasteiger partial charge in [-0.15, -0.1) is 0 Å². The molecule has 2 N–H and O–H groups in total. The molecular formula is C18H21ClN2S. The lowest BCUT2D eigenvalue weighted by Gasteiger charge is -2.12. The molecule has 0 aromatic heterocycles. The van der Waals surface area contributed by atoms with Gasteiger partial charge in [0.05, 0.1) is 0 Å². The average Bonchev–Trinajstić information content (AvgIpc) is 2.50. The molecule has 2 aromatic carbocycles. The van der Waals surface area contributed by atoms with Gasteiger partial charge in [-0.3, -0.25) is 0 Å². The second kappa shape index (κ2) is 8.16. The highest BCUT2D eigenvalue weighted by Gasteiger charge is 2.02. The van der Waals surface area contributed by atoms with Crippen molar-refractivity contribution in [3.8, 4) is 0 Å². The second-order valence-electron chi connectivity index (χ2n) is 5.34. The first-order chi connectivity index (χ1) is 10.6. The van der Waals surface area contributed by atoms with Crippen molar-refractivity contribution in [2.24, 2.45) is 0 Å². The van der Waals surface area contributed by atoms with E-state index >= 15 is 0 Å². The van der Waals surface area contributed by atoms with Crippen LogP contribution in [0.1, 0.15) is 30.9 Å². The lowest BCUT2D eigenvalue weighted by molar-refractivity contribution is 0.795. The highest BCUT2D eigenvalue weighted by molar-refractivity contribution is 7.80. The Bertz CT molecular complexity index is 638. The summed E-state index contributed by atoms with van der Waals surface area (Å²) in [5, 5.41) is 7.61. The van der Waals surface area contributed by atoms with E-state index in [1.165, 1.54) is 18.4 Å². The maximum Gasteiger partial charge on any atom is 0.175 e. The van der Waals surface area contributed by atoms with Crippen molar-refractivity contribution in [2.75, 3.05) is 10.6 Å². The van der Waals surface area contributed by atoms with Gasteiger partial charge >= 0.3 is 0 Å². The Kier molecular flexibility index (Phi) is 6.22. The van der Waals surface area contributed by atoms with Crippen LogP contribution in [0.3, 0.4) is 0 Å². The highest BCUT2D eigenvalue weighted by Crippen LogP contribution is 2.20. The Morgan fingerprint density at radius 1 is 1.05 bits per heavy atom. The van der Waals surface area contributed by atoms with Gasteiger partial charge in [0, 0.05) is 16.4 Å². The molecule has 2 aromatic rings. The zero-order valence-corrected chi connectivity index (χ0v) is 14.5. The largest absolute Gasteiger partial charge is 0.332 e. The Balaban J connectivity index is 1.92. The highest BCUT2D eigenvalue weighted by atomic mass is 35.5. The van der Waals surface area contributed by atoms with Crippen LogP contribution in [0.15, 0.2) is 42.5 Å². The number of hydrogen-bond donors (Lipinski definition) is 2. The van der Waals surface area contributed by atoms with Gasteiger partial charge in [0.1, 0.15) is 0 Å². The van der Waals surface area contributed by atoms with Crippen LogP contribution in [-0.2, 0) is 6.42 Å². The molecule has 0 aliphatic carbocycles. The van der Waals surface area contributed by atoms with E-state index < -0.39 is 0 Å². The predicted octanol–water partition coefficient (Wildman–Crippen LogP) is 5.80. The van der Waals surface area contributed by atoms with E-state index in [2.05, 4.69) is 41.8 Å². The van der Waals surface area contributed by atoms with E-state index in [9.17, 15) is 0 Å². The lowest BCUT2D eigenvalue weighted by atomic mass is 10.1. The molecule has 0 fully saturated rings. The molecule has 116 valence electrons. The molecule has 0 bridgehead atoms. The SMILES string of the molecule is CCCCc1ccc(NC(=S)Nc2ccc(C)c(Cl)c2)cc1. The molecule has 22 heavy (non-hydrogen) atoms. The number of unbranched alkanes of at least 4 members (excludes halogenated alkanes) is 1. The van der Waals surface area contributed by atoms with E-state index in [1.54, 1.807) is 0 Å². The van der Waals surface area contributed by atoms with Gasteiger partial charge in [0.25, 0.3) is 0 Å². The minimum absolute atomic E-state index is 0.557. The molecule has 0 saturated heterocycles. The summed E-state index contributed by atoms with van der Waals surface area (Å²) in [6, 6.07) is 14.2. The lowest BCUT2D eigenvalue weighted by Crippen LogP contribution is -2.19. The van der Waals surface area contributed by atoms with Gasteiger partial charge in [-0.2, -0.15) is 0 Å². The number of thiocarbonyl (C=S) groups is 1. The third-order valence-corrected chi connectivity index (χ3v) is 4.07. The van der Waals surface area contributed by atoms with Gasteiger partial charge in [0.2, 0.25) is 0 Å². The molecule has 2 nitrogen and oxygen atoms in total. The molecule has 0 unspecified atom stereocenters. The first kappa shape index (κ1) is 16.8. The Hall–Kier alpha value is -1.58. The quantitative estimate of drug-likeness (QED) is 0.676. The van der Waals surface area contributed by atoms with Crippen LogP contribution in [0.25, 0.3) is 0 Å². The smallest absolute Gasteiger partial charge is 0.175 e. The molecule has 0 aliphatic heterocycles. The molecule has 0 atom stereocenters. The maximum absolute atomic E-state index is 6.11. The first-order valence-electron chi connectivity index (χ1n) is 7.51. The Morgan fingerprint density at radius 2 is 1.68 bits per heavy atom. The number of anilines is 2. The summed E-state index contributed by atoms with van der Waals surface area (Å²) in [6.45, 7) is 4.18. The molecule has 0 saturated carbocycles. The Morgan fingerprint density at radius 3 is 2.32 bits per heavy atom. The van der Waals surface area contributed by atoms with Crippen molar-refractivity contribution < 1.29 is 0 Å². The zero-order chi connectivity index (χ0) is 15.9. The predicted molar refractivity (Wildman–Crippen MR) is 101 cm³/mol. The molecule has 4 heteroatoms. The first-order valence-corrected chi connectivity index (χ1v) is 8.30. The van der Waals surface area contributed by atoms with Crippen molar-refractivity contribution in [1.82, 2.24) is 0 Å². The fraction of sp³-hybridized carbons (Fsp3) is 0.278. The zero-order valence-electron chi connectivity index (χ0n) is 12.9. The standard InChI is InChI=1S/C18H21ClN2S/c1-3-4-5-14-7-10-15(11-8-14)20-18(22)21-16-9-6-13(2)17(19)12-16/h6-12H,3-5H2,1-2H3,(H2,20,21,22). The summed E-state index contributed by atoms with van der Waals surface area (Å²) in [4.78, 5) is 0. The van der Waals surface area contributed by atoms with Crippen LogP contribution in [0, 0.1) is 6.92 Å². The van der Waals surface area contributed by atoms with Crippen LogP contribution >= 0.6 is 23.8 Å². The van der Waals surface area contributed by atoms with Crippen molar-refractivity contribution in [3.05, 3.63) is 58.6 Å². The van der Waals surface area contributed by atoms with Crippen LogP contribution in [0.4, 0.5) is 11.4 Å². The summed E-state index contributed by atoms with van der Waals surface area (Å²) in [6.07, 6.45) is 3.56. The van der Waals surface area contributed by atoms with Crippen molar-refractivity contribution >= 4 is 40.3 Å². The maximum atomic E-state index is 6.11. The number of nitrogens with one attached hydrogen (secondary N) is 2. The monoisotopic (exact) mass is 332 g/mol. The average molecular weight is 333 g/mol. The fourth-order valence-corrected chi connectivity index (χ4v) is 2.52. The fourth-order valence-electron chi connectivity index (χ4n) is 2.10. The number of hydrogen-bond acceptors (Lipinski definition) is 1. The molecule has 2 rings (SSSR count). The molecule has 0 spiro atoms. The minimum Gasteiger partial charge on any atom is -0.332 e. The molecule has 0 heterocycles. The summed E-state index contributed by atoms with van der Waals surface area (Å²) < 4.78 is 0. The number of benzene rings is 2. The molecule has 0 aliphatic rings. The van der Waals surface area contributed by atoms with Crippen LogP contribution in [-0.4, -0.2) is 5.11 Å². The molecule has 0 radical (unpaired) electrons. The van der Waals surface area contributed by atoms with Crippen LogP contribution in [0.2, 0.25) is 5.02 Å². The third kappa shape index (κ3) is 5.00. The summed E-state index contributed by atoms with van der Waals surface area (Å²) >= 11 is 11.4. The number of rotatable bonds is 5. The van der Waals surface area contributed by atoms with Gasteiger partial charge in [0.15, 0.2) is 5.11 Å². The number of aryl methyl sites for hydroxylation is 2. The van der Waals surface area contributed by atoms with E-state index in [1.807, 2.05) is 25.1 Å². The van der Waals surface area contributed by atoms with Crippen molar-refractivity contribution in [2.45, 2.75) is 33.1 Å².